The highest BCUT2D eigenvalue weighted by atomic mass is 32.1. The number of ether oxygens (including phenoxy) is 1. The van der Waals surface area contributed by atoms with Crippen LogP contribution in [0.4, 0.5) is 0 Å². The summed E-state index contributed by atoms with van der Waals surface area (Å²) in [5, 5.41) is 7.54. The van der Waals surface area contributed by atoms with Crippen LogP contribution in [-0.4, -0.2) is 25.7 Å². The molecule has 0 aromatic carbocycles. The third-order valence-corrected chi connectivity index (χ3v) is 5.34. The maximum absolute atomic E-state index is 12.0. The summed E-state index contributed by atoms with van der Waals surface area (Å²) in [4.78, 5) is 12.0. The lowest BCUT2D eigenvalue weighted by Crippen LogP contribution is -2.46. The van der Waals surface area contributed by atoms with Crippen molar-refractivity contribution < 1.29 is 9.53 Å². The van der Waals surface area contributed by atoms with E-state index in [1.54, 1.807) is 11.3 Å². The molecule has 1 saturated carbocycles. The Morgan fingerprint density at radius 3 is 2.79 bits per heavy atom. The van der Waals surface area contributed by atoms with Crippen molar-refractivity contribution in [1.82, 2.24) is 5.32 Å². The van der Waals surface area contributed by atoms with Gasteiger partial charge in [0.15, 0.2) is 0 Å². The monoisotopic (exact) mass is 279 g/mol. The Kier molecular flexibility index (Phi) is 3.89. The number of carbonyl (C=O) groups excluding carboxylic acids is 1. The van der Waals surface area contributed by atoms with Gasteiger partial charge in [0.05, 0.1) is 0 Å². The molecule has 1 aliphatic carbocycles. The molecule has 1 saturated heterocycles. The second-order valence-corrected chi connectivity index (χ2v) is 6.53. The smallest absolute Gasteiger partial charge is 0.223 e. The highest BCUT2D eigenvalue weighted by molar-refractivity contribution is 7.08. The molecule has 0 unspecified atom stereocenters. The molecule has 4 heteroatoms. The summed E-state index contributed by atoms with van der Waals surface area (Å²) in [6, 6.07) is 2.20. The Labute approximate surface area is 118 Å². The van der Waals surface area contributed by atoms with E-state index in [-0.39, 0.29) is 17.2 Å². The van der Waals surface area contributed by atoms with E-state index in [9.17, 15) is 4.79 Å². The number of amides is 1. The normalized spacial score (nSPS) is 22.7. The number of carbonyl (C=O) groups is 1. The van der Waals surface area contributed by atoms with Crippen LogP contribution in [0.2, 0.25) is 0 Å². The van der Waals surface area contributed by atoms with Gasteiger partial charge in [-0.1, -0.05) is 6.42 Å². The summed E-state index contributed by atoms with van der Waals surface area (Å²) in [7, 11) is 0. The Balaban J connectivity index is 1.67. The second-order valence-electron chi connectivity index (χ2n) is 5.75. The van der Waals surface area contributed by atoms with E-state index in [1.807, 2.05) is 0 Å². The van der Waals surface area contributed by atoms with Crippen molar-refractivity contribution in [1.29, 1.82) is 0 Å². The van der Waals surface area contributed by atoms with Crippen LogP contribution in [-0.2, 0) is 14.9 Å². The van der Waals surface area contributed by atoms with Gasteiger partial charge in [-0.3, -0.25) is 4.79 Å². The molecule has 1 aromatic rings. The Hall–Kier alpha value is -0.870. The zero-order valence-electron chi connectivity index (χ0n) is 11.2. The van der Waals surface area contributed by atoms with E-state index in [4.69, 9.17) is 4.74 Å². The van der Waals surface area contributed by atoms with Gasteiger partial charge in [0.2, 0.25) is 5.91 Å². The quantitative estimate of drug-likeness (QED) is 0.920. The molecule has 0 radical (unpaired) electrons. The third-order valence-electron chi connectivity index (χ3n) is 4.66. The third kappa shape index (κ3) is 2.70. The highest BCUT2D eigenvalue weighted by Gasteiger charge is 2.36. The van der Waals surface area contributed by atoms with Crippen molar-refractivity contribution in [3.05, 3.63) is 22.4 Å². The van der Waals surface area contributed by atoms with E-state index in [0.717, 1.165) is 45.4 Å². The van der Waals surface area contributed by atoms with Gasteiger partial charge in [-0.25, -0.2) is 0 Å². The van der Waals surface area contributed by atoms with E-state index >= 15 is 0 Å². The topological polar surface area (TPSA) is 38.3 Å². The Morgan fingerprint density at radius 1 is 1.42 bits per heavy atom. The lowest BCUT2D eigenvalue weighted by molar-refractivity contribution is -0.127. The van der Waals surface area contributed by atoms with Crippen molar-refractivity contribution in [3.8, 4) is 0 Å². The predicted octanol–water partition coefficient (Wildman–Crippen LogP) is 2.71. The molecular formula is C15H21NO2S. The number of rotatable bonds is 4. The lowest BCUT2D eigenvalue weighted by atomic mass is 9.75. The summed E-state index contributed by atoms with van der Waals surface area (Å²) in [5.74, 6) is 0.534. The summed E-state index contributed by atoms with van der Waals surface area (Å²) in [6.45, 7) is 2.37. The van der Waals surface area contributed by atoms with E-state index in [0.29, 0.717) is 0 Å². The number of nitrogens with one attached hydrogen (secondary N) is 1. The molecule has 2 aliphatic rings. The molecule has 19 heavy (non-hydrogen) atoms. The van der Waals surface area contributed by atoms with Crippen molar-refractivity contribution in [2.45, 2.75) is 37.5 Å². The Bertz CT molecular complexity index is 419. The summed E-state index contributed by atoms with van der Waals surface area (Å²) in [5.41, 5.74) is 1.46. The molecule has 1 amide bonds. The molecule has 0 spiro atoms. The zero-order chi connectivity index (χ0) is 13.1. The van der Waals surface area contributed by atoms with Gasteiger partial charge in [-0.2, -0.15) is 11.3 Å². The maximum Gasteiger partial charge on any atom is 0.223 e. The first-order chi connectivity index (χ1) is 9.30. The Morgan fingerprint density at radius 2 is 2.21 bits per heavy atom. The average molecular weight is 279 g/mol. The second kappa shape index (κ2) is 5.63. The molecule has 104 valence electrons. The number of thiophene rings is 1. The van der Waals surface area contributed by atoms with Gasteiger partial charge in [-0.15, -0.1) is 0 Å². The van der Waals surface area contributed by atoms with Gasteiger partial charge in [0.25, 0.3) is 0 Å². The summed E-state index contributed by atoms with van der Waals surface area (Å²) in [6.07, 6.45) is 5.37. The molecule has 3 rings (SSSR count). The zero-order valence-corrected chi connectivity index (χ0v) is 12.0. The predicted molar refractivity (Wildman–Crippen MR) is 76.4 cm³/mol. The molecule has 3 nitrogen and oxygen atoms in total. The van der Waals surface area contributed by atoms with Crippen LogP contribution in [0.1, 0.15) is 37.7 Å². The standard InChI is InChI=1S/C15H21NO2S/c17-14(12-2-1-3-12)16-11-15(5-7-18-8-6-15)13-4-9-19-10-13/h4,9-10,12H,1-3,5-8,11H2,(H,16,17). The largest absolute Gasteiger partial charge is 0.381 e. The van der Waals surface area contributed by atoms with Crippen LogP contribution < -0.4 is 5.32 Å². The molecule has 1 aliphatic heterocycles. The number of hydrogen-bond donors (Lipinski definition) is 1. The fraction of sp³-hybridized carbons (Fsp3) is 0.667. The molecular weight excluding hydrogens is 258 g/mol. The molecule has 0 atom stereocenters. The minimum absolute atomic E-state index is 0.0949. The van der Waals surface area contributed by atoms with Gasteiger partial charge < -0.3 is 10.1 Å². The van der Waals surface area contributed by atoms with Crippen molar-refractivity contribution in [3.63, 3.8) is 0 Å². The number of hydrogen-bond acceptors (Lipinski definition) is 3. The molecule has 2 fully saturated rings. The van der Waals surface area contributed by atoms with Crippen LogP contribution in [0, 0.1) is 5.92 Å². The fourth-order valence-corrected chi connectivity index (χ4v) is 3.75. The van der Waals surface area contributed by atoms with Crippen molar-refractivity contribution in [2.24, 2.45) is 5.92 Å². The minimum atomic E-state index is 0.0949. The maximum atomic E-state index is 12.0. The molecule has 0 bridgehead atoms. The molecule has 1 N–H and O–H groups in total. The summed E-state index contributed by atoms with van der Waals surface area (Å²) >= 11 is 1.73. The summed E-state index contributed by atoms with van der Waals surface area (Å²) < 4.78 is 5.50. The van der Waals surface area contributed by atoms with Gasteiger partial charge >= 0.3 is 0 Å². The van der Waals surface area contributed by atoms with Crippen LogP contribution in [0.3, 0.4) is 0 Å². The first-order valence-corrected chi connectivity index (χ1v) is 8.13. The highest BCUT2D eigenvalue weighted by Crippen LogP contribution is 2.36. The van der Waals surface area contributed by atoms with E-state index in [1.165, 1.54) is 12.0 Å². The van der Waals surface area contributed by atoms with E-state index < -0.39 is 0 Å². The van der Waals surface area contributed by atoms with Gasteiger partial charge in [0, 0.05) is 31.1 Å². The molecule has 1 aromatic heterocycles. The van der Waals surface area contributed by atoms with Crippen molar-refractivity contribution in [2.75, 3.05) is 19.8 Å². The van der Waals surface area contributed by atoms with Crippen molar-refractivity contribution >= 4 is 17.2 Å². The molecule has 2 heterocycles. The van der Waals surface area contributed by atoms with Crippen LogP contribution in [0.5, 0.6) is 0 Å². The SMILES string of the molecule is O=C(NCC1(c2ccsc2)CCOCC1)C1CCC1. The minimum Gasteiger partial charge on any atom is -0.381 e. The van der Waals surface area contributed by atoms with Gasteiger partial charge in [0.1, 0.15) is 0 Å². The van der Waals surface area contributed by atoms with E-state index in [2.05, 4.69) is 22.1 Å². The average Bonchev–Trinajstić information content (AvgIpc) is 2.90. The first kappa shape index (κ1) is 13.1. The lowest BCUT2D eigenvalue weighted by Gasteiger charge is -2.38. The van der Waals surface area contributed by atoms with Crippen LogP contribution in [0.25, 0.3) is 0 Å². The first-order valence-electron chi connectivity index (χ1n) is 7.18. The fourth-order valence-electron chi connectivity index (χ4n) is 2.97. The van der Waals surface area contributed by atoms with Crippen LogP contribution >= 0.6 is 11.3 Å². The van der Waals surface area contributed by atoms with Crippen LogP contribution in [0.15, 0.2) is 16.8 Å². The van der Waals surface area contributed by atoms with Gasteiger partial charge in [-0.05, 0) is 48.1 Å².